The lowest BCUT2D eigenvalue weighted by molar-refractivity contribution is -0.126. The molecule has 1 heterocycles. The Morgan fingerprint density at radius 1 is 1.26 bits per heavy atom. The zero-order chi connectivity index (χ0) is 13.5. The van der Waals surface area contributed by atoms with Crippen LogP contribution in [0.5, 0.6) is 0 Å². The monoisotopic (exact) mass is 262 g/mol. The van der Waals surface area contributed by atoms with E-state index in [4.69, 9.17) is 0 Å². The molecule has 0 radical (unpaired) electrons. The van der Waals surface area contributed by atoms with E-state index in [0.717, 1.165) is 37.1 Å². The Balaban J connectivity index is 1.99. The van der Waals surface area contributed by atoms with E-state index in [9.17, 15) is 9.18 Å². The number of anilines is 2. The van der Waals surface area contributed by atoms with Gasteiger partial charge in [-0.1, -0.05) is 19.3 Å². The molecule has 3 rings (SSSR count). The van der Waals surface area contributed by atoms with E-state index in [1.807, 2.05) is 11.9 Å². The maximum absolute atomic E-state index is 13.4. The first kappa shape index (κ1) is 12.5. The number of amides is 1. The number of benzene rings is 1. The Kier molecular flexibility index (Phi) is 2.96. The molecule has 2 aliphatic rings. The highest BCUT2D eigenvalue weighted by Crippen LogP contribution is 2.42. The van der Waals surface area contributed by atoms with Crippen LogP contribution in [0.4, 0.5) is 15.8 Å². The van der Waals surface area contributed by atoms with Crippen LogP contribution in [0.3, 0.4) is 0 Å². The fourth-order valence-corrected chi connectivity index (χ4v) is 3.41. The van der Waals surface area contributed by atoms with Crippen LogP contribution in [0.15, 0.2) is 18.2 Å². The van der Waals surface area contributed by atoms with Crippen molar-refractivity contribution in [2.24, 2.45) is 5.41 Å². The molecule has 1 amide bonds. The molecule has 1 spiro atoms. The van der Waals surface area contributed by atoms with Crippen molar-refractivity contribution in [3.05, 3.63) is 24.0 Å². The number of halogens is 1. The zero-order valence-corrected chi connectivity index (χ0v) is 11.2. The van der Waals surface area contributed by atoms with Crippen molar-refractivity contribution in [1.29, 1.82) is 0 Å². The zero-order valence-electron chi connectivity index (χ0n) is 11.2. The van der Waals surface area contributed by atoms with Gasteiger partial charge >= 0.3 is 0 Å². The van der Waals surface area contributed by atoms with Crippen LogP contribution in [0.2, 0.25) is 0 Å². The highest BCUT2D eigenvalue weighted by Gasteiger charge is 2.42. The van der Waals surface area contributed by atoms with Crippen molar-refractivity contribution in [3.63, 3.8) is 0 Å². The highest BCUT2D eigenvalue weighted by molar-refractivity contribution is 6.00. The van der Waals surface area contributed by atoms with Crippen LogP contribution < -0.4 is 10.2 Å². The van der Waals surface area contributed by atoms with Crippen molar-refractivity contribution in [2.75, 3.05) is 23.8 Å². The average molecular weight is 262 g/mol. The average Bonchev–Trinajstić information content (AvgIpc) is 2.49. The van der Waals surface area contributed by atoms with Gasteiger partial charge in [-0.2, -0.15) is 0 Å². The molecule has 102 valence electrons. The minimum atomic E-state index is -0.303. The van der Waals surface area contributed by atoms with Crippen molar-refractivity contribution in [1.82, 2.24) is 0 Å². The second kappa shape index (κ2) is 4.51. The van der Waals surface area contributed by atoms with Crippen LogP contribution in [0.25, 0.3) is 0 Å². The summed E-state index contributed by atoms with van der Waals surface area (Å²) in [6, 6.07) is 4.55. The van der Waals surface area contributed by atoms with Gasteiger partial charge in [-0.25, -0.2) is 4.39 Å². The number of hydrogen-bond acceptors (Lipinski definition) is 2. The Labute approximate surface area is 112 Å². The Morgan fingerprint density at radius 2 is 2.00 bits per heavy atom. The first-order valence-electron chi connectivity index (χ1n) is 6.93. The smallest absolute Gasteiger partial charge is 0.232 e. The second-order valence-corrected chi connectivity index (χ2v) is 5.81. The van der Waals surface area contributed by atoms with Gasteiger partial charge in [0.25, 0.3) is 0 Å². The third-order valence-electron chi connectivity index (χ3n) is 4.45. The minimum absolute atomic E-state index is 0.101. The van der Waals surface area contributed by atoms with Gasteiger partial charge in [0.2, 0.25) is 5.91 Å². The fourth-order valence-electron chi connectivity index (χ4n) is 3.41. The Bertz CT molecular complexity index is 509. The lowest BCUT2D eigenvalue weighted by Crippen LogP contribution is -2.44. The van der Waals surface area contributed by atoms with Gasteiger partial charge in [-0.05, 0) is 31.0 Å². The van der Waals surface area contributed by atoms with Gasteiger partial charge < -0.3 is 10.2 Å². The van der Waals surface area contributed by atoms with E-state index in [2.05, 4.69) is 5.32 Å². The third-order valence-corrected chi connectivity index (χ3v) is 4.45. The summed E-state index contributed by atoms with van der Waals surface area (Å²) in [5.41, 5.74) is 1.19. The summed E-state index contributed by atoms with van der Waals surface area (Å²) < 4.78 is 13.4. The van der Waals surface area contributed by atoms with Crippen molar-refractivity contribution >= 4 is 17.3 Å². The van der Waals surface area contributed by atoms with Crippen molar-refractivity contribution in [2.45, 2.75) is 32.1 Å². The third kappa shape index (κ3) is 2.09. The molecular weight excluding hydrogens is 243 g/mol. The number of carbonyl (C=O) groups excluding carboxylic acids is 1. The summed E-state index contributed by atoms with van der Waals surface area (Å²) in [6.07, 6.45) is 5.28. The lowest BCUT2D eigenvalue weighted by Gasteiger charge is -2.36. The standard InChI is InChI=1S/C15H19FN2O/c1-18-10-15(7-3-2-4-8-15)14(19)17-12-6-5-11(16)9-13(12)18/h5-6,9H,2-4,7-8,10H2,1H3,(H,17,19). The molecule has 3 nitrogen and oxygen atoms in total. The lowest BCUT2D eigenvalue weighted by atomic mass is 9.73. The molecule has 1 aliphatic carbocycles. The van der Waals surface area contributed by atoms with E-state index in [-0.39, 0.29) is 17.1 Å². The predicted octanol–water partition coefficient (Wildman–Crippen LogP) is 3.16. The SMILES string of the molecule is CN1CC2(CCCCC2)C(=O)Nc2ccc(F)cc21. The summed E-state index contributed by atoms with van der Waals surface area (Å²) in [6.45, 7) is 0.676. The Hall–Kier alpha value is -1.58. The first-order valence-corrected chi connectivity index (χ1v) is 6.93. The van der Waals surface area contributed by atoms with E-state index in [1.165, 1.54) is 18.6 Å². The number of carbonyl (C=O) groups is 1. The molecule has 1 N–H and O–H groups in total. The topological polar surface area (TPSA) is 32.3 Å². The molecule has 1 aromatic carbocycles. The van der Waals surface area contributed by atoms with Crippen LogP contribution >= 0.6 is 0 Å². The quantitative estimate of drug-likeness (QED) is 0.779. The Morgan fingerprint density at radius 3 is 2.74 bits per heavy atom. The predicted molar refractivity (Wildman–Crippen MR) is 73.8 cm³/mol. The number of hydrogen-bond donors (Lipinski definition) is 1. The summed E-state index contributed by atoms with van der Waals surface area (Å²) in [7, 11) is 1.94. The molecule has 1 aliphatic heterocycles. The number of nitrogens with one attached hydrogen (secondary N) is 1. The van der Waals surface area contributed by atoms with E-state index in [0.29, 0.717) is 6.54 Å². The van der Waals surface area contributed by atoms with Crippen LogP contribution in [0, 0.1) is 11.2 Å². The summed E-state index contributed by atoms with van der Waals surface area (Å²) in [5.74, 6) is -0.163. The molecule has 1 saturated carbocycles. The van der Waals surface area contributed by atoms with E-state index in [1.54, 1.807) is 6.07 Å². The van der Waals surface area contributed by atoms with Gasteiger partial charge in [-0.15, -0.1) is 0 Å². The maximum atomic E-state index is 13.4. The van der Waals surface area contributed by atoms with Gasteiger partial charge in [0.1, 0.15) is 5.82 Å². The van der Waals surface area contributed by atoms with Crippen LogP contribution in [-0.4, -0.2) is 19.5 Å². The van der Waals surface area contributed by atoms with Gasteiger partial charge in [0, 0.05) is 13.6 Å². The molecule has 1 aromatic rings. The molecule has 0 unspecified atom stereocenters. The molecule has 1 fully saturated rings. The largest absolute Gasteiger partial charge is 0.372 e. The number of fused-ring (bicyclic) bond motifs is 1. The van der Waals surface area contributed by atoms with Gasteiger partial charge in [0.15, 0.2) is 0 Å². The highest BCUT2D eigenvalue weighted by atomic mass is 19.1. The molecule has 0 bridgehead atoms. The molecule has 0 aromatic heterocycles. The fraction of sp³-hybridized carbons (Fsp3) is 0.533. The number of nitrogens with zero attached hydrogens (tertiary/aromatic N) is 1. The molecular formula is C15H19FN2O. The summed E-state index contributed by atoms with van der Waals surface area (Å²) >= 11 is 0. The van der Waals surface area contributed by atoms with Crippen LogP contribution in [0.1, 0.15) is 32.1 Å². The molecule has 19 heavy (non-hydrogen) atoms. The maximum Gasteiger partial charge on any atom is 0.232 e. The summed E-state index contributed by atoms with van der Waals surface area (Å²) in [5, 5.41) is 2.99. The first-order chi connectivity index (χ1) is 9.11. The van der Waals surface area contributed by atoms with Gasteiger partial charge in [-0.3, -0.25) is 4.79 Å². The van der Waals surface area contributed by atoms with Gasteiger partial charge in [0.05, 0.1) is 16.8 Å². The molecule has 4 heteroatoms. The van der Waals surface area contributed by atoms with E-state index < -0.39 is 0 Å². The van der Waals surface area contributed by atoms with Crippen molar-refractivity contribution in [3.8, 4) is 0 Å². The normalized spacial score (nSPS) is 21.8. The molecule has 0 atom stereocenters. The molecule has 0 saturated heterocycles. The minimum Gasteiger partial charge on any atom is -0.372 e. The second-order valence-electron chi connectivity index (χ2n) is 5.81. The summed E-state index contributed by atoms with van der Waals surface area (Å²) in [4.78, 5) is 14.6. The van der Waals surface area contributed by atoms with E-state index >= 15 is 0 Å². The number of rotatable bonds is 0. The van der Waals surface area contributed by atoms with Crippen LogP contribution in [-0.2, 0) is 4.79 Å². The van der Waals surface area contributed by atoms with Crippen molar-refractivity contribution < 1.29 is 9.18 Å².